The first kappa shape index (κ1) is 32.7. The molecule has 0 aromatic heterocycles. The van der Waals surface area contributed by atoms with E-state index in [-0.39, 0.29) is 23.3 Å². The summed E-state index contributed by atoms with van der Waals surface area (Å²) in [5, 5.41) is 2.95. The van der Waals surface area contributed by atoms with Crippen LogP contribution < -0.4 is 14.4 Å². The summed E-state index contributed by atoms with van der Waals surface area (Å²) in [5.41, 5.74) is 3.71. The van der Waals surface area contributed by atoms with E-state index in [0.717, 1.165) is 16.7 Å². The predicted octanol–water partition coefficient (Wildman–Crippen LogP) is 5.40. The number of rotatable bonds is 13. The number of amides is 2. The number of aryl methyl sites for hydroxylation is 3. The Labute approximate surface area is 250 Å². The summed E-state index contributed by atoms with van der Waals surface area (Å²) < 4.78 is 34.7. The third-order valence-electron chi connectivity index (χ3n) is 7.10. The Bertz CT molecular complexity index is 1470. The Morgan fingerprint density at radius 1 is 0.905 bits per heavy atom. The van der Waals surface area contributed by atoms with Crippen LogP contribution in [-0.4, -0.2) is 51.4 Å². The second-order valence-corrected chi connectivity index (χ2v) is 12.9. The van der Waals surface area contributed by atoms with Gasteiger partial charge in [-0.2, -0.15) is 0 Å². The predicted molar refractivity (Wildman–Crippen MR) is 167 cm³/mol. The molecule has 0 saturated heterocycles. The lowest BCUT2D eigenvalue weighted by atomic mass is 10.1. The van der Waals surface area contributed by atoms with Gasteiger partial charge in [0.25, 0.3) is 10.0 Å². The molecule has 9 heteroatoms. The van der Waals surface area contributed by atoms with Crippen molar-refractivity contribution in [2.75, 3.05) is 24.5 Å². The van der Waals surface area contributed by atoms with Gasteiger partial charge >= 0.3 is 0 Å². The highest BCUT2D eigenvalue weighted by atomic mass is 32.2. The Morgan fingerprint density at radius 2 is 1.52 bits per heavy atom. The second kappa shape index (κ2) is 14.4. The first-order valence-corrected chi connectivity index (χ1v) is 15.7. The zero-order chi connectivity index (χ0) is 31.0. The number of anilines is 1. The quantitative estimate of drug-likeness (QED) is 0.287. The number of carbonyl (C=O) groups excluding carboxylic acids is 2. The molecule has 1 atom stereocenters. The number of hydrogen-bond acceptors (Lipinski definition) is 5. The maximum absolute atomic E-state index is 14.2. The minimum absolute atomic E-state index is 0.0882. The van der Waals surface area contributed by atoms with E-state index in [9.17, 15) is 18.0 Å². The number of nitrogens with one attached hydrogen (secondary N) is 1. The summed E-state index contributed by atoms with van der Waals surface area (Å²) in [6, 6.07) is 18.6. The molecule has 0 aliphatic rings. The molecule has 2 amide bonds. The van der Waals surface area contributed by atoms with Crippen molar-refractivity contribution < 1.29 is 22.7 Å². The van der Waals surface area contributed by atoms with Crippen LogP contribution >= 0.6 is 0 Å². The van der Waals surface area contributed by atoms with Gasteiger partial charge in [0.05, 0.1) is 17.7 Å². The van der Waals surface area contributed by atoms with Gasteiger partial charge in [-0.25, -0.2) is 8.42 Å². The van der Waals surface area contributed by atoms with Gasteiger partial charge in [0.2, 0.25) is 11.8 Å². The van der Waals surface area contributed by atoms with E-state index in [2.05, 4.69) is 5.32 Å². The fraction of sp³-hybridized carbons (Fsp3) is 0.394. The fourth-order valence-electron chi connectivity index (χ4n) is 4.61. The number of hydrogen-bond donors (Lipinski definition) is 1. The van der Waals surface area contributed by atoms with Crippen molar-refractivity contribution in [3.8, 4) is 5.75 Å². The molecule has 3 aromatic carbocycles. The normalized spacial score (nSPS) is 12.1. The third kappa shape index (κ3) is 8.12. The Morgan fingerprint density at radius 3 is 2.10 bits per heavy atom. The first-order valence-electron chi connectivity index (χ1n) is 14.2. The number of sulfonamides is 1. The van der Waals surface area contributed by atoms with Crippen LogP contribution in [0, 0.1) is 26.7 Å². The molecule has 226 valence electrons. The minimum atomic E-state index is -4.13. The molecule has 0 saturated carbocycles. The van der Waals surface area contributed by atoms with E-state index in [1.54, 1.807) is 49.6 Å². The van der Waals surface area contributed by atoms with Gasteiger partial charge < -0.3 is 15.0 Å². The molecule has 1 N–H and O–H groups in total. The average molecular weight is 594 g/mol. The van der Waals surface area contributed by atoms with Crippen molar-refractivity contribution in [2.45, 2.75) is 65.4 Å². The van der Waals surface area contributed by atoms with Crippen molar-refractivity contribution in [3.05, 3.63) is 89.0 Å². The lowest BCUT2D eigenvalue weighted by molar-refractivity contribution is -0.140. The van der Waals surface area contributed by atoms with Crippen LogP contribution in [0.15, 0.2) is 71.6 Å². The largest absolute Gasteiger partial charge is 0.497 e. The molecule has 0 radical (unpaired) electrons. The van der Waals surface area contributed by atoms with Crippen molar-refractivity contribution >= 4 is 27.5 Å². The van der Waals surface area contributed by atoms with E-state index in [0.29, 0.717) is 30.0 Å². The van der Waals surface area contributed by atoms with Crippen LogP contribution in [0.3, 0.4) is 0 Å². The molecular formula is C33H43N3O5S. The van der Waals surface area contributed by atoms with Gasteiger partial charge in [-0.05, 0) is 80.1 Å². The van der Waals surface area contributed by atoms with Gasteiger partial charge in [-0.1, -0.05) is 62.7 Å². The summed E-state index contributed by atoms with van der Waals surface area (Å²) in [7, 11) is -2.55. The van der Waals surface area contributed by atoms with E-state index in [1.165, 1.54) is 9.21 Å². The van der Waals surface area contributed by atoms with Crippen LogP contribution in [0.25, 0.3) is 0 Å². The minimum Gasteiger partial charge on any atom is -0.497 e. The molecular weight excluding hydrogens is 550 g/mol. The lowest BCUT2D eigenvalue weighted by Crippen LogP contribution is -2.52. The molecule has 42 heavy (non-hydrogen) atoms. The molecule has 0 bridgehead atoms. The maximum Gasteiger partial charge on any atom is 0.264 e. The summed E-state index contributed by atoms with van der Waals surface area (Å²) in [6.45, 7) is 11.6. The molecule has 0 fully saturated rings. The molecule has 0 heterocycles. The lowest BCUT2D eigenvalue weighted by Gasteiger charge is -2.33. The van der Waals surface area contributed by atoms with E-state index >= 15 is 0 Å². The van der Waals surface area contributed by atoms with Crippen molar-refractivity contribution in [2.24, 2.45) is 5.92 Å². The third-order valence-corrected chi connectivity index (χ3v) is 8.88. The number of carbonyl (C=O) groups is 2. The average Bonchev–Trinajstić information content (AvgIpc) is 2.96. The molecule has 0 spiro atoms. The first-order chi connectivity index (χ1) is 19.9. The van der Waals surface area contributed by atoms with Crippen LogP contribution in [-0.2, 0) is 26.2 Å². The molecule has 0 aliphatic heterocycles. The summed E-state index contributed by atoms with van der Waals surface area (Å²) in [4.78, 5) is 29.2. The SMILES string of the molecule is CCC(C(=O)NCC(C)C)N(Cc1ccc(OC)cc1)C(=O)CN(c1cc(C)ccc1C)S(=O)(=O)c1ccc(C)cc1. The molecule has 8 nitrogen and oxygen atoms in total. The molecule has 3 aromatic rings. The smallest absolute Gasteiger partial charge is 0.264 e. The van der Waals surface area contributed by atoms with E-state index in [4.69, 9.17) is 4.74 Å². The topological polar surface area (TPSA) is 96.0 Å². The van der Waals surface area contributed by atoms with Crippen molar-refractivity contribution in [1.82, 2.24) is 10.2 Å². The maximum atomic E-state index is 14.2. The van der Waals surface area contributed by atoms with Crippen LogP contribution in [0.1, 0.15) is 49.4 Å². The van der Waals surface area contributed by atoms with E-state index in [1.807, 2.05) is 65.8 Å². The highest BCUT2D eigenvalue weighted by Gasteiger charge is 2.34. The zero-order valence-corrected chi connectivity index (χ0v) is 26.5. The Hall–Kier alpha value is -3.85. The van der Waals surface area contributed by atoms with Crippen LogP contribution in [0.2, 0.25) is 0 Å². The molecule has 1 unspecified atom stereocenters. The van der Waals surface area contributed by atoms with Gasteiger partial charge in [0, 0.05) is 13.1 Å². The zero-order valence-electron chi connectivity index (χ0n) is 25.7. The van der Waals surface area contributed by atoms with Gasteiger partial charge in [-0.15, -0.1) is 0 Å². The summed E-state index contributed by atoms with van der Waals surface area (Å²) in [5.74, 6) is 0.155. The fourth-order valence-corrected chi connectivity index (χ4v) is 6.08. The Balaban J connectivity index is 2.08. The number of methoxy groups -OCH3 is 1. The van der Waals surface area contributed by atoms with Crippen molar-refractivity contribution in [3.63, 3.8) is 0 Å². The van der Waals surface area contributed by atoms with E-state index < -0.39 is 28.5 Å². The van der Waals surface area contributed by atoms with Gasteiger partial charge in [0.1, 0.15) is 18.3 Å². The van der Waals surface area contributed by atoms with Crippen LogP contribution in [0.5, 0.6) is 5.75 Å². The second-order valence-electron chi connectivity index (χ2n) is 11.0. The van der Waals surface area contributed by atoms with Gasteiger partial charge in [-0.3, -0.25) is 13.9 Å². The highest BCUT2D eigenvalue weighted by Crippen LogP contribution is 2.29. The number of benzene rings is 3. The summed E-state index contributed by atoms with van der Waals surface area (Å²) >= 11 is 0. The number of ether oxygens (including phenoxy) is 1. The molecule has 3 rings (SSSR count). The standard InChI is InChI=1S/C33H43N3O5S/c1-8-30(33(38)34-20-23(2)3)35(21-27-13-15-28(41-7)16-14-27)32(37)22-36(31-19-25(5)9-12-26(31)6)42(39,40)29-17-10-24(4)11-18-29/h9-19,23,30H,8,20-22H2,1-7H3,(H,34,38). The highest BCUT2D eigenvalue weighted by molar-refractivity contribution is 7.92. The number of nitrogens with zero attached hydrogens (tertiary/aromatic N) is 2. The van der Waals surface area contributed by atoms with Crippen LogP contribution in [0.4, 0.5) is 5.69 Å². The van der Waals surface area contributed by atoms with Gasteiger partial charge in [0.15, 0.2) is 0 Å². The summed E-state index contributed by atoms with van der Waals surface area (Å²) in [6.07, 6.45) is 0.361. The van der Waals surface area contributed by atoms with Crippen molar-refractivity contribution in [1.29, 1.82) is 0 Å². The monoisotopic (exact) mass is 593 g/mol. The Kier molecular flexibility index (Phi) is 11.2. The molecule has 0 aliphatic carbocycles.